The summed E-state index contributed by atoms with van der Waals surface area (Å²) in [4.78, 5) is 0. The molecule has 0 nitrogen and oxygen atoms in total. The van der Waals surface area contributed by atoms with Crippen LogP contribution >= 0.6 is 0 Å². The third-order valence-corrected chi connectivity index (χ3v) is 8.54. The number of hydrogen-bond donors (Lipinski definition) is 0. The van der Waals surface area contributed by atoms with Crippen LogP contribution in [0, 0.1) is 23.6 Å². The summed E-state index contributed by atoms with van der Waals surface area (Å²) in [5.74, 6) is 3.28. The van der Waals surface area contributed by atoms with E-state index in [1.165, 1.54) is 88.2 Å². The lowest BCUT2D eigenvalue weighted by atomic mass is 9.63. The fourth-order valence-corrected chi connectivity index (χ4v) is 6.63. The van der Waals surface area contributed by atoms with E-state index in [2.05, 4.69) is 31.7 Å². The van der Waals surface area contributed by atoms with Gasteiger partial charge in [-0.05, 0) is 97.3 Å². The van der Waals surface area contributed by atoms with Crippen LogP contribution in [-0.4, -0.2) is 0 Å². The number of halogens is 1. The van der Waals surface area contributed by atoms with Crippen LogP contribution in [0.2, 0.25) is 0 Å². The minimum absolute atomic E-state index is 0.0353. The third kappa shape index (κ3) is 5.83. The molecule has 2 aliphatic rings. The van der Waals surface area contributed by atoms with Gasteiger partial charge in [-0.2, -0.15) is 0 Å². The van der Waals surface area contributed by atoms with Gasteiger partial charge in [0.1, 0.15) is 5.82 Å². The van der Waals surface area contributed by atoms with Crippen LogP contribution in [0.25, 0.3) is 10.8 Å². The summed E-state index contributed by atoms with van der Waals surface area (Å²) in [6.45, 7) is 6.10. The van der Waals surface area contributed by atoms with Gasteiger partial charge in [0.2, 0.25) is 0 Å². The summed E-state index contributed by atoms with van der Waals surface area (Å²) < 4.78 is 15.1. The second-order valence-corrected chi connectivity index (χ2v) is 10.8. The molecular weight excluding hydrogens is 391 g/mol. The molecule has 1 heteroatoms. The summed E-state index contributed by atoms with van der Waals surface area (Å²) in [5.41, 5.74) is 2.44. The van der Waals surface area contributed by atoms with Gasteiger partial charge in [0.05, 0.1) is 0 Å². The van der Waals surface area contributed by atoms with Crippen LogP contribution in [0.1, 0.15) is 107 Å². The predicted octanol–water partition coefficient (Wildman–Crippen LogP) is 9.76. The largest absolute Gasteiger partial charge is 0.206 e. The van der Waals surface area contributed by atoms with Gasteiger partial charge in [-0.1, -0.05) is 76.1 Å². The SMILES string of the molecule is C=CCCc1ccc2cc(C3CCC4CC(CCCCCCC)CCC4C3)cc(F)c2c1. The second-order valence-electron chi connectivity index (χ2n) is 10.8. The highest BCUT2D eigenvalue weighted by Gasteiger charge is 2.36. The molecule has 0 amide bonds. The average Bonchev–Trinajstić information content (AvgIpc) is 2.82. The Kier molecular flexibility index (Phi) is 8.44. The minimum Gasteiger partial charge on any atom is -0.206 e. The van der Waals surface area contributed by atoms with Crippen molar-refractivity contribution in [2.45, 2.75) is 103 Å². The molecule has 4 rings (SSSR count). The summed E-state index contributed by atoms with van der Waals surface area (Å²) in [7, 11) is 0. The van der Waals surface area contributed by atoms with Crippen LogP contribution in [-0.2, 0) is 6.42 Å². The quantitative estimate of drug-likeness (QED) is 0.258. The molecule has 4 atom stereocenters. The first-order chi connectivity index (χ1) is 15.7. The molecule has 0 radical (unpaired) electrons. The van der Waals surface area contributed by atoms with E-state index in [0.717, 1.165) is 41.4 Å². The molecule has 0 aromatic heterocycles. The molecule has 2 aliphatic carbocycles. The summed E-state index contributed by atoms with van der Waals surface area (Å²) >= 11 is 0. The van der Waals surface area contributed by atoms with Crippen LogP contribution in [0.15, 0.2) is 43.0 Å². The molecule has 32 heavy (non-hydrogen) atoms. The van der Waals surface area contributed by atoms with Crippen molar-refractivity contribution in [3.63, 3.8) is 0 Å². The Labute approximate surface area is 195 Å². The molecule has 4 unspecified atom stereocenters. The van der Waals surface area contributed by atoms with Gasteiger partial charge in [0.15, 0.2) is 0 Å². The van der Waals surface area contributed by atoms with E-state index >= 15 is 4.39 Å². The van der Waals surface area contributed by atoms with E-state index in [4.69, 9.17) is 0 Å². The first-order valence-electron chi connectivity index (χ1n) is 13.5. The van der Waals surface area contributed by atoms with E-state index in [0.29, 0.717) is 5.92 Å². The van der Waals surface area contributed by atoms with Crippen molar-refractivity contribution in [3.8, 4) is 0 Å². The van der Waals surface area contributed by atoms with Crippen molar-refractivity contribution in [1.82, 2.24) is 0 Å². The average molecular weight is 435 g/mol. The first kappa shape index (κ1) is 23.5. The fraction of sp³-hybridized carbons (Fsp3) is 0.613. The van der Waals surface area contributed by atoms with Crippen molar-refractivity contribution in [2.24, 2.45) is 17.8 Å². The van der Waals surface area contributed by atoms with Gasteiger partial charge in [-0.15, -0.1) is 6.58 Å². The highest BCUT2D eigenvalue weighted by molar-refractivity contribution is 5.84. The van der Waals surface area contributed by atoms with Crippen LogP contribution in [0.5, 0.6) is 0 Å². The number of fused-ring (bicyclic) bond motifs is 2. The van der Waals surface area contributed by atoms with Gasteiger partial charge in [0.25, 0.3) is 0 Å². The van der Waals surface area contributed by atoms with Crippen LogP contribution in [0.4, 0.5) is 4.39 Å². The molecule has 0 aliphatic heterocycles. The molecule has 2 fully saturated rings. The molecular formula is C31H43F. The Morgan fingerprint density at radius 3 is 2.59 bits per heavy atom. The summed E-state index contributed by atoms with van der Waals surface area (Å²) in [6, 6.07) is 10.5. The van der Waals surface area contributed by atoms with Crippen molar-refractivity contribution >= 4 is 10.8 Å². The lowest BCUT2D eigenvalue weighted by Gasteiger charge is -2.42. The van der Waals surface area contributed by atoms with Crippen molar-refractivity contribution < 1.29 is 4.39 Å². The smallest absolute Gasteiger partial charge is 0.131 e. The standard InChI is InChI=1S/C31H43F/c1-3-5-7-8-9-11-23-12-14-26-20-27(17-16-25(26)18-23)29-21-28-15-13-24(10-6-4-2)19-30(28)31(32)22-29/h4,13,15,19,21-23,25-27H,2-3,5-12,14,16-18,20H2,1H3. The van der Waals surface area contributed by atoms with Gasteiger partial charge >= 0.3 is 0 Å². The van der Waals surface area contributed by atoms with Crippen molar-refractivity contribution in [2.75, 3.05) is 0 Å². The Bertz CT molecular complexity index is 881. The summed E-state index contributed by atoms with van der Waals surface area (Å²) in [5, 5.41) is 1.85. The number of benzene rings is 2. The topological polar surface area (TPSA) is 0 Å². The number of aryl methyl sites for hydroxylation is 1. The monoisotopic (exact) mass is 434 g/mol. The van der Waals surface area contributed by atoms with E-state index in [-0.39, 0.29) is 5.82 Å². The lowest BCUT2D eigenvalue weighted by Crippen LogP contribution is -2.30. The second kappa shape index (κ2) is 11.5. The van der Waals surface area contributed by atoms with E-state index in [1.54, 1.807) is 0 Å². The zero-order chi connectivity index (χ0) is 22.3. The number of allylic oxidation sites excluding steroid dienone is 1. The van der Waals surface area contributed by atoms with Gasteiger partial charge in [0, 0.05) is 5.39 Å². The molecule has 2 aromatic rings. The highest BCUT2D eigenvalue weighted by atomic mass is 19.1. The van der Waals surface area contributed by atoms with Gasteiger partial charge < -0.3 is 0 Å². The van der Waals surface area contributed by atoms with Gasteiger partial charge in [-0.25, -0.2) is 4.39 Å². The van der Waals surface area contributed by atoms with Crippen molar-refractivity contribution in [3.05, 3.63) is 59.9 Å². The fourth-order valence-electron chi connectivity index (χ4n) is 6.63. The highest BCUT2D eigenvalue weighted by Crippen LogP contribution is 2.48. The van der Waals surface area contributed by atoms with Crippen LogP contribution < -0.4 is 0 Å². The normalized spacial score (nSPS) is 25.6. The molecule has 0 saturated heterocycles. The zero-order valence-corrected chi connectivity index (χ0v) is 20.3. The Morgan fingerprint density at radius 2 is 1.75 bits per heavy atom. The molecule has 0 heterocycles. The molecule has 2 aromatic carbocycles. The lowest BCUT2D eigenvalue weighted by molar-refractivity contribution is 0.113. The third-order valence-electron chi connectivity index (χ3n) is 8.54. The minimum atomic E-state index is -0.0353. The number of unbranched alkanes of at least 4 members (excludes halogenated alkanes) is 4. The van der Waals surface area contributed by atoms with Crippen LogP contribution in [0.3, 0.4) is 0 Å². The Morgan fingerprint density at radius 1 is 0.938 bits per heavy atom. The number of rotatable bonds is 10. The Balaban J connectivity index is 1.35. The molecule has 0 bridgehead atoms. The van der Waals surface area contributed by atoms with E-state index < -0.39 is 0 Å². The molecule has 2 saturated carbocycles. The first-order valence-corrected chi connectivity index (χ1v) is 13.5. The van der Waals surface area contributed by atoms with Crippen molar-refractivity contribution in [1.29, 1.82) is 0 Å². The number of hydrogen-bond acceptors (Lipinski definition) is 0. The zero-order valence-electron chi connectivity index (χ0n) is 20.3. The van der Waals surface area contributed by atoms with E-state index in [1.807, 2.05) is 18.2 Å². The molecule has 0 spiro atoms. The maximum atomic E-state index is 15.1. The summed E-state index contributed by atoms with van der Waals surface area (Å²) in [6.07, 6.45) is 20.5. The maximum Gasteiger partial charge on any atom is 0.131 e. The molecule has 174 valence electrons. The van der Waals surface area contributed by atoms with E-state index in [9.17, 15) is 0 Å². The maximum absolute atomic E-state index is 15.1. The predicted molar refractivity (Wildman–Crippen MR) is 137 cm³/mol. The molecule has 0 N–H and O–H groups in total. The Hall–Kier alpha value is -1.63. The van der Waals surface area contributed by atoms with Gasteiger partial charge in [-0.3, -0.25) is 0 Å².